The van der Waals surface area contributed by atoms with Gasteiger partial charge in [0.25, 0.3) is 0 Å². The lowest BCUT2D eigenvalue weighted by Gasteiger charge is -2.33. The van der Waals surface area contributed by atoms with Crippen molar-refractivity contribution in [2.45, 2.75) is 38.1 Å². The molecule has 0 N–H and O–H groups in total. The average Bonchev–Trinajstić information content (AvgIpc) is 3.17. The number of para-hydroxylation sites is 1. The van der Waals surface area contributed by atoms with E-state index in [0.717, 1.165) is 48.7 Å². The van der Waals surface area contributed by atoms with E-state index in [9.17, 15) is 8.78 Å². The van der Waals surface area contributed by atoms with Crippen LogP contribution in [0.25, 0.3) is 5.65 Å². The van der Waals surface area contributed by atoms with Crippen molar-refractivity contribution in [3.05, 3.63) is 59.5 Å². The topological polar surface area (TPSA) is 48.2 Å². The molecule has 1 saturated heterocycles. The van der Waals surface area contributed by atoms with Crippen LogP contribution >= 0.6 is 0 Å². The Labute approximate surface area is 179 Å². The third-order valence-corrected chi connectivity index (χ3v) is 6.15. The number of anilines is 1. The number of methoxy groups -OCH3 is 1. The minimum absolute atomic E-state index is 0.128. The highest BCUT2D eigenvalue weighted by atomic mass is 19.3. The molecule has 1 aromatic carbocycles. The van der Waals surface area contributed by atoms with Gasteiger partial charge in [0.1, 0.15) is 17.5 Å². The molecule has 164 valence electrons. The first-order valence-electron chi connectivity index (χ1n) is 10.6. The van der Waals surface area contributed by atoms with Crippen LogP contribution in [0.5, 0.6) is 5.75 Å². The summed E-state index contributed by atoms with van der Waals surface area (Å²) in [6.45, 7) is -0.576. The summed E-state index contributed by atoms with van der Waals surface area (Å²) < 4.78 is 44.3. The molecule has 0 spiro atoms. The van der Waals surface area contributed by atoms with Crippen LogP contribution in [-0.2, 0) is 15.9 Å². The number of aromatic nitrogens is 2. The molecule has 8 heteroatoms. The van der Waals surface area contributed by atoms with Gasteiger partial charge in [0.05, 0.1) is 29.8 Å². The van der Waals surface area contributed by atoms with Crippen LogP contribution in [-0.4, -0.2) is 48.9 Å². The van der Waals surface area contributed by atoms with Gasteiger partial charge in [0.2, 0.25) is 0 Å². The number of ether oxygens (including phenoxy) is 3. The molecule has 1 fully saturated rings. The number of hydrogen-bond donors (Lipinski definition) is 0. The summed E-state index contributed by atoms with van der Waals surface area (Å²) in [5.41, 5.74) is 4.31. The summed E-state index contributed by atoms with van der Waals surface area (Å²) in [6, 6.07) is 10.9. The lowest BCUT2D eigenvalue weighted by molar-refractivity contribution is -0.0522. The predicted molar refractivity (Wildman–Crippen MR) is 112 cm³/mol. The number of piperidine rings is 1. The number of nitrogens with zero attached hydrogens (tertiary/aromatic N) is 3. The summed E-state index contributed by atoms with van der Waals surface area (Å²) in [7, 11) is 1.76. The molecular formula is C23H25F2N3O3. The Morgan fingerprint density at radius 1 is 1.13 bits per heavy atom. The van der Waals surface area contributed by atoms with Gasteiger partial charge in [-0.25, -0.2) is 4.98 Å². The van der Waals surface area contributed by atoms with E-state index in [1.54, 1.807) is 31.4 Å². The molecule has 1 atom stereocenters. The Balaban J connectivity index is 1.54. The maximum Gasteiger partial charge on any atom is 0.387 e. The van der Waals surface area contributed by atoms with E-state index >= 15 is 0 Å². The molecule has 31 heavy (non-hydrogen) atoms. The largest absolute Gasteiger partial charge is 0.434 e. The minimum atomic E-state index is -2.90. The monoisotopic (exact) mass is 429 g/mol. The summed E-state index contributed by atoms with van der Waals surface area (Å²) in [5, 5.41) is 0. The van der Waals surface area contributed by atoms with Gasteiger partial charge < -0.3 is 19.1 Å². The average molecular weight is 429 g/mol. The van der Waals surface area contributed by atoms with Gasteiger partial charge in [0.15, 0.2) is 0 Å². The Morgan fingerprint density at radius 2 is 1.94 bits per heavy atom. The van der Waals surface area contributed by atoms with Crippen molar-refractivity contribution < 1.29 is 23.0 Å². The second-order valence-electron chi connectivity index (χ2n) is 7.90. The SMILES string of the molecule is COC1CCN(c2ccc3nc4c(n3c2)C(c2ccccc2OC(F)F)OCC4)CC1. The van der Waals surface area contributed by atoms with Crippen LogP contribution in [0.15, 0.2) is 42.6 Å². The normalized spacial score (nSPS) is 19.7. The third kappa shape index (κ3) is 3.85. The van der Waals surface area contributed by atoms with E-state index in [2.05, 4.69) is 17.2 Å². The molecule has 3 aromatic rings. The van der Waals surface area contributed by atoms with Crippen LogP contribution in [0.3, 0.4) is 0 Å². The molecule has 2 aromatic heterocycles. The van der Waals surface area contributed by atoms with Gasteiger partial charge in [-0.3, -0.25) is 4.40 Å². The summed E-state index contributed by atoms with van der Waals surface area (Å²) in [6.07, 6.45) is 4.52. The molecule has 6 nitrogen and oxygen atoms in total. The number of imidazole rings is 1. The summed E-state index contributed by atoms with van der Waals surface area (Å²) >= 11 is 0. The van der Waals surface area contributed by atoms with E-state index in [0.29, 0.717) is 24.7 Å². The molecular weight excluding hydrogens is 404 g/mol. The zero-order valence-corrected chi connectivity index (χ0v) is 17.3. The van der Waals surface area contributed by atoms with Crippen molar-refractivity contribution in [1.82, 2.24) is 9.38 Å². The smallest absolute Gasteiger partial charge is 0.387 e. The van der Waals surface area contributed by atoms with Crippen LogP contribution < -0.4 is 9.64 Å². The summed E-state index contributed by atoms with van der Waals surface area (Å²) in [5.74, 6) is 0.128. The van der Waals surface area contributed by atoms with Crippen LogP contribution in [0.4, 0.5) is 14.5 Å². The molecule has 5 rings (SSSR count). The molecule has 1 unspecified atom stereocenters. The molecule has 0 bridgehead atoms. The van der Waals surface area contributed by atoms with Gasteiger partial charge in [-0.1, -0.05) is 18.2 Å². The van der Waals surface area contributed by atoms with Crippen molar-refractivity contribution in [2.75, 3.05) is 31.7 Å². The zero-order chi connectivity index (χ0) is 21.4. The lowest BCUT2D eigenvalue weighted by atomic mass is 10.0. The number of hydrogen-bond acceptors (Lipinski definition) is 5. The maximum absolute atomic E-state index is 13.0. The van der Waals surface area contributed by atoms with E-state index in [1.165, 1.54) is 0 Å². The number of alkyl halides is 2. The van der Waals surface area contributed by atoms with Crippen LogP contribution in [0, 0.1) is 0 Å². The Hall–Kier alpha value is -2.71. The van der Waals surface area contributed by atoms with E-state index in [1.807, 2.05) is 10.5 Å². The van der Waals surface area contributed by atoms with Crippen molar-refractivity contribution in [3.63, 3.8) is 0 Å². The van der Waals surface area contributed by atoms with Crippen molar-refractivity contribution in [2.24, 2.45) is 0 Å². The highest BCUT2D eigenvalue weighted by Crippen LogP contribution is 2.38. The molecule has 2 aliphatic rings. The van der Waals surface area contributed by atoms with Crippen molar-refractivity contribution in [3.8, 4) is 5.75 Å². The second-order valence-corrected chi connectivity index (χ2v) is 7.90. The van der Waals surface area contributed by atoms with E-state index < -0.39 is 12.7 Å². The Morgan fingerprint density at radius 3 is 2.71 bits per heavy atom. The Bertz CT molecular complexity index is 1060. The second kappa shape index (κ2) is 8.43. The fraction of sp³-hybridized carbons (Fsp3) is 0.435. The number of rotatable bonds is 5. The van der Waals surface area contributed by atoms with Crippen molar-refractivity contribution in [1.29, 1.82) is 0 Å². The fourth-order valence-electron chi connectivity index (χ4n) is 4.59. The van der Waals surface area contributed by atoms with Gasteiger partial charge >= 0.3 is 6.61 Å². The van der Waals surface area contributed by atoms with Crippen LogP contribution in [0.1, 0.15) is 35.9 Å². The molecule has 0 amide bonds. The standard InChI is InChI=1S/C23H25F2N3O3/c1-29-16-8-11-27(12-9-16)15-6-7-20-26-18-10-13-30-22(21(18)28(20)14-15)17-4-2-3-5-19(17)31-23(24)25/h2-7,14,16,22-23H,8-13H2,1H3. The maximum atomic E-state index is 13.0. The Kier molecular flexibility index (Phi) is 5.50. The number of halogens is 2. The molecule has 4 heterocycles. The van der Waals surface area contributed by atoms with Gasteiger partial charge in [0, 0.05) is 38.4 Å². The van der Waals surface area contributed by atoms with E-state index in [-0.39, 0.29) is 5.75 Å². The zero-order valence-electron chi connectivity index (χ0n) is 17.3. The van der Waals surface area contributed by atoms with Crippen LogP contribution in [0.2, 0.25) is 0 Å². The van der Waals surface area contributed by atoms with Gasteiger partial charge in [-0.15, -0.1) is 0 Å². The number of pyridine rings is 1. The number of benzene rings is 1. The molecule has 0 aliphatic carbocycles. The number of fused-ring (bicyclic) bond motifs is 3. The fourth-order valence-corrected chi connectivity index (χ4v) is 4.59. The highest BCUT2D eigenvalue weighted by molar-refractivity contribution is 5.56. The first kappa shape index (κ1) is 20.2. The lowest BCUT2D eigenvalue weighted by Crippen LogP contribution is -2.36. The quantitative estimate of drug-likeness (QED) is 0.608. The van der Waals surface area contributed by atoms with Gasteiger partial charge in [-0.05, 0) is 31.0 Å². The first-order valence-corrected chi connectivity index (χ1v) is 10.6. The van der Waals surface area contributed by atoms with Crippen molar-refractivity contribution >= 4 is 11.3 Å². The predicted octanol–water partition coefficient (Wildman–Crippen LogP) is 4.21. The molecule has 0 radical (unpaired) electrons. The highest BCUT2D eigenvalue weighted by Gasteiger charge is 2.31. The third-order valence-electron chi connectivity index (χ3n) is 6.15. The molecule has 2 aliphatic heterocycles. The van der Waals surface area contributed by atoms with E-state index in [4.69, 9.17) is 19.2 Å². The van der Waals surface area contributed by atoms with Gasteiger partial charge in [-0.2, -0.15) is 8.78 Å². The molecule has 0 saturated carbocycles. The minimum Gasteiger partial charge on any atom is -0.434 e. The summed E-state index contributed by atoms with van der Waals surface area (Å²) in [4.78, 5) is 7.13. The first-order chi connectivity index (χ1) is 15.1.